The van der Waals surface area contributed by atoms with Crippen molar-refractivity contribution in [2.75, 3.05) is 0 Å². The number of rotatable bonds is 3. The molecule has 6 nitrogen and oxygen atoms in total. The molecule has 1 heterocycles. The number of imidazole rings is 1. The van der Waals surface area contributed by atoms with Gasteiger partial charge < -0.3 is 9.30 Å². The molecule has 0 unspecified atom stereocenters. The van der Waals surface area contributed by atoms with Gasteiger partial charge in [-0.15, -0.1) is 0 Å². The first-order chi connectivity index (χ1) is 9.94. The maximum Gasteiger partial charge on any atom is 0.428 e. The smallest absolute Gasteiger partial charge is 0.428 e. The molecule has 0 bridgehead atoms. The van der Waals surface area contributed by atoms with Crippen molar-refractivity contribution >= 4 is 12.3 Å². The molecule has 1 N–H and O–H groups in total. The van der Waals surface area contributed by atoms with Crippen molar-refractivity contribution < 1.29 is 9.53 Å². The number of hydrogen-bond acceptors (Lipinski definition) is 4. The minimum Gasteiger partial charge on any atom is -0.443 e. The highest BCUT2D eigenvalue weighted by Crippen LogP contribution is 2.08. The maximum atomic E-state index is 11.4. The topological polar surface area (TPSA) is 68.5 Å². The third kappa shape index (κ3) is 4.76. The van der Waals surface area contributed by atoms with Crippen LogP contribution in [0.3, 0.4) is 0 Å². The van der Waals surface area contributed by atoms with Gasteiger partial charge in [0, 0.05) is 18.1 Å². The molecule has 1 aromatic carbocycles. The normalized spacial score (nSPS) is 11.6. The summed E-state index contributed by atoms with van der Waals surface area (Å²) in [6, 6.07) is 7.68. The van der Waals surface area contributed by atoms with E-state index in [0.717, 1.165) is 11.3 Å². The Morgan fingerprint density at radius 2 is 2.05 bits per heavy atom. The van der Waals surface area contributed by atoms with E-state index in [0.29, 0.717) is 0 Å². The van der Waals surface area contributed by atoms with E-state index < -0.39 is 11.7 Å². The Labute approximate surface area is 123 Å². The number of carbonyl (C=O) groups is 1. The maximum absolute atomic E-state index is 11.4. The number of hydrazone groups is 1. The van der Waals surface area contributed by atoms with Gasteiger partial charge in [0.2, 0.25) is 0 Å². The van der Waals surface area contributed by atoms with E-state index in [1.807, 2.05) is 35.0 Å². The van der Waals surface area contributed by atoms with E-state index in [-0.39, 0.29) is 0 Å². The first-order valence-corrected chi connectivity index (χ1v) is 6.54. The summed E-state index contributed by atoms with van der Waals surface area (Å²) in [5.41, 5.74) is 3.66. The highest BCUT2D eigenvalue weighted by molar-refractivity contribution is 5.81. The van der Waals surface area contributed by atoms with Gasteiger partial charge in [0.1, 0.15) is 5.60 Å². The van der Waals surface area contributed by atoms with Crippen LogP contribution in [-0.2, 0) is 4.74 Å². The van der Waals surface area contributed by atoms with Gasteiger partial charge in [-0.2, -0.15) is 5.10 Å². The Balaban J connectivity index is 1.91. The molecule has 2 rings (SSSR count). The average molecular weight is 286 g/mol. The summed E-state index contributed by atoms with van der Waals surface area (Å²) in [5.74, 6) is 0. The lowest BCUT2D eigenvalue weighted by molar-refractivity contribution is 0.0529. The SMILES string of the molecule is CC(C)(C)OC(=O)N/N=C/c1ccc(-n2ccnc2)cc1. The lowest BCUT2D eigenvalue weighted by atomic mass is 10.2. The fourth-order valence-electron chi connectivity index (χ4n) is 1.60. The molecule has 0 atom stereocenters. The van der Waals surface area contributed by atoms with Gasteiger partial charge in [0.05, 0.1) is 12.5 Å². The summed E-state index contributed by atoms with van der Waals surface area (Å²) in [4.78, 5) is 15.4. The summed E-state index contributed by atoms with van der Waals surface area (Å²) in [6.07, 6.45) is 6.30. The van der Waals surface area contributed by atoms with Crippen LogP contribution in [0.1, 0.15) is 26.3 Å². The second-order valence-electron chi connectivity index (χ2n) is 5.43. The number of hydrogen-bond donors (Lipinski definition) is 1. The molecule has 1 amide bonds. The van der Waals surface area contributed by atoms with Gasteiger partial charge in [0.15, 0.2) is 0 Å². The van der Waals surface area contributed by atoms with Crippen LogP contribution in [0.2, 0.25) is 0 Å². The van der Waals surface area contributed by atoms with Crippen LogP contribution in [0, 0.1) is 0 Å². The minimum absolute atomic E-state index is 0.536. The Bertz CT molecular complexity index is 610. The van der Waals surface area contributed by atoms with Crippen LogP contribution in [0.25, 0.3) is 5.69 Å². The third-order valence-electron chi connectivity index (χ3n) is 2.46. The number of nitrogens with zero attached hydrogens (tertiary/aromatic N) is 3. The molecule has 110 valence electrons. The molecule has 0 saturated heterocycles. The lowest BCUT2D eigenvalue weighted by Gasteiger charge is -2.18. The van der Waals surface area contributed by atoms with E-state index >= 15 is 0 Å². The summed E-state index contributed by atoms with van der Waals surface area (Å²) in [5, 5.41) is 3.85. The van der Waals surface area contributed by atoms with Crippen molar-refractivity contribution in [1.29, 1.82) is 0 Å². The zero-order chi connectivity index (χ0) is 15.3. The molecule has 0 aliphatic heterocycles. The molecule has 0 aliphatic rings. The largest absolute Gasteiger partial charge is 0.443 e. The monoisotopic (exact) mass is 286 g/mol. The Morgan fingerprint density at radius 3 is 2.62 bits per heavy atom. The minimum atomic E-state index is -0.575. The molecule has 0 saturated carbocycles. The van der Waals surface area contributed by atoms with Crippen LogP contribution in [0.15, 0.2) is 48.1 Å². The predicted octanol–water partition coefficient (Wildman–Crippen LogP) is 2.73. The Hall–Kier alpha value is -2.63. The highest BCUT2D eigenvalue weighted by Gasteiger charge is 2.15. The standard InChI is InChI=1S/C15H18N4O2/c1-15(2,3)21-14(20)18-17-10-12-4-6-13(7-5-12)19-9-8-16-11-19/h4-11H,1-3H3,(H,18,20)/b17-10+. The predicted molar refractivity (Wildman–Crippen MR) is 80.5 cm³/mol. The van der Waals surface area contributed by atoms with Crippen molar-refractivity contribution in [3.05, 3.63) is 48.5 Å². The van der Waals surface area contributed by atoms with E-state index in [2.05, 4.69) is 15.5 Å². The summed E-state index contributed by atoms with van der Waals surface area (Å²) in [7, 11) is 0. The van der Waals surface area contributed by atoms with Gasteiger partial charge in [-0.3, -0.25) is 0 Å². The average Bonchev–Trinajstić information content (AvgIpc) is 2.91. The van der Waals surface area contributed by atoms with E-state index in [4.69, 9.17) is 4.74 Å². The highest BCUT2D eigenvalue weighted by atomic mass is 16.6. The van der Waals surface area contributed by atoms with Gasteiger partial charge in [-0.25, -0.2) is 15.2 Å². The number of ether oxygens (including phenoxy) is 1. The fourth-order valence-corrected chi connectivity index (χ4v) is 1.60. The van der Waals surface area contributed by atoms with Crippen LogP contribution in [-0.4, -0.2) is 27.5 Å². The van der Waals surface area contributed by atoms with E-state index in [1.165, 1.54) is 0 Å². The third-order valence-corrected chi connectivity index (χ3v) is 2.46. The Kier molecular flexibility index (Phi) is 4.37. The molecule has 0 spiro atoms. The van der Waals surface area contributed by atoms with Crippen molar-refractivity contribution in [3.63, 3.8) is 0 Å². The number of carbonyl (C=O) groups excluding carboxylic acids is 1. The van der Waals surface area contributed by atoms with Crippen LogP contribution >= 0.6 is 0 Å². The Morgan fingerprint density at radius 1 is 1.33 bits per heavy atom. The molecule has 0 radical (unpaired) electrons. The van der Waals surface area contributed by atoms with Gasteiger partial charge in [-0.05, 0) is 38.5 Å². The molecule has 21 heavy (non-hydrogen) atoms. The summed E-state index contributed by atoms with van der Waals surface area (Å²) < 4.78 is 6.97. The van der Waals surface area contributed by atoms with Gasteiger partial charge in [0.25, 0.3) is 0 Å². The molecule has 2 aromatic rings. The lowest BCUT2D eigenvalue weighted by Crippen LogP contribution is -2.29. The van der Waals surface area contributed by atoms with Crippen molar-refractivity contribution in [3.8, 4) is 5.69 Å². The second-order valence-corrected chi connectivity index (χ2v) is 5.43. The van der Waals surface area contributed by atoms with Crippen molar-refractivity contribution in [2.45, 2.75) is 26.4 Å². The quantitative estimate of drug-likeness (QED) is 0.696. The summed E-state index contributed by atoms with van der Waals surface area (Å²) in [6.45, 7) is 5.39. The van der Waals surface area contributed by atoms with Crippen LogP contribution in [0.5, 0.6) is 0 Å². The van der Waals surface area contributed by atoms with E-state index in [9.17, 15) is 4.79 Å². The van der Waals surface area contributed by atoms with Gasteiger partial charge >= 0.3 is 6.09 Å². The van der Waals surface area contributed by atoms with Crippen LogP contribution < -0.4 is 5.43 Å². The van der Waals surface area contributed by atoms with E-state index in [1.54, 1.807) is 39.5 Å². The van der Waals surface area contributed by atoms with Crippen LogP contribution in [0.4, 0.5) is 4.79 Å². The fraction of sp³-hybridized carbons (Fsp3) is 0.267. The van der Waals surface area contributed by atoms with Gasteiger partial charge in [-0.1, -0.05) is 12.1 Å². The second kappa shape index (κ2) is 6.21. The molecular formula is C15H18N4O2. The number of amides is 1. The van der Waals surface area contributed by atoms with Crippen molar-refractivity contribution in [2.24, 2.45) is 5.10 Å². The zero-order valence-corrected chi connectivity index (χ0v) is 12.3. The number of aromatic nitrogens is 2. The number of nitrogens with one attached hydrogen (secondary N) is 1. The zero-order valence-electron chi connectivity index (χ0n) is 12.3. The molecule has 6 heteroatoms. The molecular weight excluding hydrogens is 268 g/mol. The first-order valence-electron chi connectivity index (χ1n) is 6.54. The first kappa shape index (κ1) is 14.8. The number of benzene rings is 1. The summed E-state index contributed by atoms with van der Waals surface area (Å²) >= 11 is 0. The molecule has 0 fully saturated rings. The molecule has 0 aliphatic carbocycles. The van der Waals surface area contributed by atoms with Crippen molar-refractivity contribution in [1.82, 2.24) is 15.0 Å². The molecule has 1 aromatic heterocycles.